The molecular weight excluding hydrogens is 447 g/mol. The lowest BCUT2D eigenvalue weighted by Crippen LogP contribution is -2.48. The van der Waals surface area contributed by atoms with Crippen molar-refractivity contribution in [3.8, 4) is 5.75 Å². The molecule has 1 aliphatic carbocycles. The van der Waals surface area contributed by atoms with Gasteiger partial charge in [0, 0.05) is 17.8 Å². The Morgan fingerprint density at radius 1 is 1.26 bits per heavy atom. The SMILES string of the molecule is COc1ccc(F)cc1C(O)Cn1cc(CNOC(C)C)c(=O)n(C(C)C(=O)NC2CC2)c1=O. The number of carbonyl (C=O) groups excluding carboxylic acids is 1. The van der Waals surface area contributed by atoms with Crippen LogP contribution in [0, 0.1) is 5.82 Å². The molecule has 1 heterocycles. The van der Waals surface area contributed by atoms with Crippen molar-refractivity contribution in [2.45, 2.75) is 71.0 Å². The predicted molar refractivity (Wildman–Crippen MR) is 122 cm³/mol. The van der Waals surface area contributed by atoms with Gasteiger partial charge in [-0.3, -0.25) is 19.0 Å². The molecule has 0 bridgehead atoms. The largest absolute Gasteiger partial charge is 0.496 e. The highest BCUT2D eigenvalue weighted by molar-refractivity contribution is 5.80. The Hall–Kier alpha value is -3.02. The molecule has 1 aliphatic rings. The van der Waals surface area contributed by atoms with E-state index < -0.39 is 35.1 Å². The zero-order chi connectivity index (χ0) is 25.0. The monoisotopic (exact) mass is 478 g/mol. The molecule has 3 N–H and O–H groups in total. The van der Waals surface area contributed by atoms with Crippen LogP contribution in [0.25, 0.3) is 0 Å². The smallest absolute Gasteiger partial charge is 0.331 e. The lowest BCUT2D eigenvalue weighted by Gasteiger charge is -2.20. The quantitative estimate of drug-likeness (QED) is 0.414. The number of amides is 1. The second-order valence-electron chi connectivity index (χ2n) is 8.61. The Labute approximate surface area is 196 Å². The number of ether oxygens (including phenoxy) is 1. The molecule has 11 heteroatoms. The van der Waals surface area contributed by atoms with Gasteiger partial charge in [0.25, 0.3) is 5.56 Å². The number of benzene rings is 1. The fraction of sp³-hybridized carbons (Fsp3) is 0.522. The van der Waals surface area contributed by atoms with Crippen molar-refractivity contribution in [2.75, 3.05) is 7.11 Å². The molecule has 10 nitrogen and oxygen atoms in total. The summed E-state index contributed by atoms with van der Waals surface area (Å²) in [6, 6.07) is 2.67. The molecule has 2 unspecified atom stereocenters. The number of aliphatic hydroxyl groups excluding tert-OH is 1. The Bertz CT molecular complexity index is 1140. The lowest BCUT2D eigenvalue weighted by atomic mass is 10.1. The molecule has 2 aromatic rings. The topological polar surface area (TPSA) is 124 Å². The van der Waals surface area contributed by atoms with E-state index >= 15 is 0 Å². The minimum Gasteiger partial charge on any atom is -0.496 e. The van der Waals surface area contributed by atoms with Crippen molar-refractivity contribution in [3.05, 3.63) is 62.2 Å². The normalized spacial score (nSPS) is 15.3. The van der Waals surface area contributed by atoms with Gasteiger partial charge in [-0.1, -0.05) is 0 Å². The van der Waals surface area contributed by atoms with Crippen molar-refractivity contribution in [1.82, 2.24) is 19.9 Å². The van der Waals surface area contributed by atoms with Gasteiger partial charge in [0.05, 0.1) is 31.9 Å². The van der Waals surface area contributed by atoms with Crippen LogP contribution in [0.4, 0.5) is 4.39 Å². The number of methoxy groups -OCH3 is 1. The van der Waals surface area contributed by atoms with Gasteiger partial charge >= 0.3 is 5.69 Å². The summed E-state index contributed by atoms with van der Waals surface area (Å²) in [6.07, 6.45) is 1.54. The zero-order valence-electron chi connectivity index (χ0n) is 19.7. The van der Waals surface area contributed by atoms with Crippen LogP contribution < -0.4 is 26.8 Å². The highest BCUT2D eigenvalue weighted by atomic mass is 19.1. The fourth-order valence-corrected chi connectivity index (χ4v) is 3.48. The van der Waals surface area contributed by atoms with Crippen LogP contribution in [0.5, 0.6) is 5.75 Å². The Morgan fingerprint density at radius 3 is 2.59 bits per heavy atom. The molecule has 3 rings (SSSR count). The van der Waals surface area contributed by atoms with Crippen molar-refractivity contribution in [2.24, 2.45) is 0 Å². The van der Waals surface area contributed by atoms with Gasteiger partial charge in [0.2, 0.25) is 5.91 Å². The van der Waals surface area contributed by atoms with Crippen LogP contribution in [-0.4, -0.2) is 39.4 Å². The summed E-state index contributed by atoms with van der Waals surface area (Å²) < 4.78 is 21.0. The summed E-state index contributed by atoms with van der Waals surface area (Å²) >= 11 is 0. The molecule has 1 aromatic heterocycles. The van der Waals surface area contributed by atoms with Crippen LogP contribution in [0.2, 0.25) is 0 Å². The molecule has 2 atom stereocenters. The van der Waals surface area contributed by atoms with E-state index in [9.17, 15) is 23.9 Å². The molecule has 1 aromatic carbocycles. The van der Waals surface area contributed by atoms with E-state index in [-0.39, 0.29) is 42.1 Å². The van der Waals surface area contributed by atoms with Crippen LogP contribution in [0.3, 0.4) is 0 Å². The second-order valence-corrected chi connectivity index (χ2v) is 8.61. The van der Waals surface area contributed by atoms with Gasteiger partial charge in [0.1, 0.15) is 23.7 Å². The van der Waals surface area contributed by atoms with Crippen molar-refractivity contribution < 1.29 is 23.9 Å². The van der Waals surface area contributed by atoms with Crippen LogP contribution in [0.15, 0.2) is 34.0 Å². The third-order valence-electron chi connectivity index (χ3n) is 5.45. The fourth-order valence-electron chi connectivity index (χ4n) is 3.48. The Balaban J connectivity index is 1.99. The molecule has 0 aliphatic heterocycles. The van der Waals surface area contributed by atoms with E-state index in [0.717, 1.165) is 28.0 Å². The Morgan fingerprint density at radius 2 is 1.97 bits per heavy atom. The number of aliphatic hydroxyl groups is 1. The summed E-state index contributed by atoms with van der Waals surface area (Å²) in [5, 5.41) is 13.6. The van der Waals surface area contributed by atoms with E-state index in [1.54, 1.807) is 13.8 Å². The number of carbonyl (C=O) groups is 1. The number of nitrogens with one attached hydrogen (secondary N) is 2. The van der Waals surface area contributed by atoms with Gasteiger partial charge < -0.3 is 15.2 Å². The molecule has 1 saturated carbocycles. The van der Waals surface area contributed by atoms with E-state index in [1.807, 2.05) is 0 Å². The molecule has 0 radical (unpaired) electrons. The van der Waals surface area contributed by atoms with Crippen molar-refractivity contribution in [3.63, 3.8) is 0 Å². The van der Waals surface area contributed by atoms with Crippen molar-refractivity contribution in [1.29, 1.82) is 0 Å². The summed E-state index contributed by atoms with van der Waals surface area (Å²) in [4.78, 5) is 44.3. The standard InChI is InChI=1S/C23H31FN4O6/c1-13(2)34-25-10-15-11-27(12-19(29)18-9-16(24)5-8-20(18)33-4)23(32)28(22(15)31)14(3)21(30)26-17-6-7-17/h5,8-9,11,13-14,17,19,25,29H,6-7,10,12H2,1-4H3,(H,26,30). The van der Waals surface area contributed by atoms with Crippen LogP contribution in [0.1, 0.15) is 56.9 Å². The number of hydroxylamine groups is 1. The molecule has 186 valence electrons. The lowest BCUT2D eigenvalue weighted by molar-refractivity contribution is -0.124. The second kappa shape index (κ2) is 10.9. The minimum absolute atomic E-state index is 0.0341. The average molecular weight is 479 g/mol. The van der Waals surface area contributed by atoms with Gasteiger partial charge in [0.15, 0.2) is 0 Å². The van der Waals surface area contributed by atoms with Gasteiger partial charge in [-0.2, -0.15) is 5.48 Å². The summed E-state index contributed by atoms with van der Waals surface area (Å²) in [5.74, 6) is -0.767. The number of halogens is 1. The highest BCUT2D eigenvalue weighted by Gasteiger charge is 2.29. The maximum Gasteiger partial charge on any atom is 0.331 e. The minimum atomic E-state index is -1.32. The molecule has 0 saturated heterocycles. The van der Waals surface area contributed by atoms with Crippen LogP contribution >= 0.6 is 0 Å². The Kier molecular flexibility index (Phi) is 8.24. The summed E-state index contributed by atoms with van der Waals surface area (Å²) in [5.41, 5.74) is 1.57. The highest BCUT2D eigenvalue weighted by Crippen LogP contribution is 2.27. The number of hydrogen-bond donors (Lipinski definition) is 3. The number of aromatic nitrogens is 2. The third kappa shape index (κ3) is 6.10. The molecular formula is C23H31FN4O6. The number of rotatable bonds is 11. The van der Waals surface area contributed by atoms with E-state index in [2.05, 4.69) is 10.8 Å². The summed E-state index contributed by atoms with van der Waals surface area (Å²) in [6.45, 7) is 4.75. The van der Waals surface area contributed by atoms with Crippen LogP contribution in [-0.2, 0) is 22.7 Å². The van der Waals surface area contributed by atoms with Gasteiger partial charge in [-0.05, 0) is 51.8 Å². The van der Waals surface area contributed by atoms with E-state index in [0.29, 0.717) is 0 Å². The maximum absolute atomic E-state index is 13.8. The average Bonchev–Trinajstić information content (AvgIpc) is 3.60. The third-order valence-corrected chi connectivity index (χ3v) is 5.45. The first-order valence-electron chi connectivity index (χ1n) is 11.2. The predicted octanol–water partition coefficient (Wildman–Crippen LogP) is 1.16. The number of nitrogens with zero attached hydrogens (tertiary/aromatic N) is 2. The zero-order valence-corrected chi connectivity index (χ0v) is 19.7. The van der Waals surface area contributed by atoms with E-state index in [4.69, 9.17) is 9.57 Å². The molecule has 0 spiro atoms. The van der Waals surface area contributed by atoms with Gasteiger partial charge in [-0.25, -0.2) is 13.8 Å². The summed E-state index contributed by atoms with van der Waals surface area (Å²) in [7, 11) is 1.38. The first-order valence-corrected chi connectivity index (χ1v) is 11.2. The van der Waals surface area contributed by atoms with E-state index in [1.165, 1.54) is 32.4 Å². The maximum atomic E-state index is 13.8. The first kappa shape index (κ1) is 25.6. The molecule has 1 amide bonds. The molecule has 34 heavy (non-hydrogen) atoms. The molecule has 1 fully saturated rings. The first-order chi connectivity index (χ1) is 16.1. The van der Waals surface area contributed by atoms with Crippen molar-refractivity contribution >= 4 is 5.91 Å². The van der Waals surface area contributed by atoms with Gasteiger partial charge in [-0.15, -0.1) is 0 Å². The number of hydrogen-bond acceptors (Lipinski definition) is 7.